The first-order valence-electron chi connectivity index (χ1n) is 6.54. The van der Waals surface area contributed by atoms with Crippen LogP contribution in [-0.2, 0) is 4.79 Å². The number of hydrogen-bond acceptors (Lipinski definition) is 3. The molecule has 2 aromatic rings. The van der Waals surface area contributed by atoms with Crippen LogP contribution in [0.2, 0.25) is 0 Å². The molecule has 0 fully saturated rings. The predicted molar refractivity (Wildman–Crippen MR) is 86.7 cm³/mol. The number of nitrogens with one attached hydrogen (secondary N) is 2. The minimum Gasteiger partial charge on any atom is -0.495 e. The van der Waals surface area contributed by atoms with Gasteiger partial charge in [-0.3, -0.25) is 9.59 Å². The van der Waals surface area contributed by atoms with Crippen LogP contribution in [0.15, 0.2) is 48.5 Å². The van der Waals surface area contributed by atoms with Gasteiger partial charge in [-0.1, -0.05) is 12.1 Å². The van der Waals surface area contributed by atoms with E-state index in [1.165, 1.54) is 0 Å². The molecule has 2 amide bonds. The molecule has 2 N–H and O–H groups in total. The molecule has 0 aliphatic heterocycles. The Morgan fingerprint density at radius 2 is 1.73 bits per heavy atom. The van der Waals surface area contributed by atoms with E-state index in [1.807, 2.05) is 12.1 Å². The fourth-order valence-corrected chi connectivity index (χ4v) is 1.91. The number of methoxy groups -OCH3 is 1. The number of hydrogen-bond donors (Lipinski definition) is 2. The maximum Gasteiger partial charge on any atom is 0.255 e. The summed E-state index contributed by atoms with van der Waals surface area (Å²) in [5.74, 6) is -0.0924. The molecule has 0 aromatic heterocycles. The van der Waals surface area contributed by atoms with E-state index in [0.717, 1.165) is 0 Å². The first-order chi connectivity index (χ1) is 10.6. The summed E-state index contributed by atoms with van der Waals surface area (Å²) in [4.78, 5) is 23.4. The summed E-state index contributed by atoms with van der Waals surface area (Å²) < 4.78 is 5.18. The third-order valence-electron chi connectivity index (χ3n) is 2.91. The number of carbonyl (C=O) groups is 2. The predicted octanol–water partition coefficient (Wildman–Crippen LogP) is 3.12. The number of para-hydroxylation sites is 2. The molecule has 22 heavy (non-hydrogen) atoms. The van der Waals surface area contributed by atoms with Crippen molar-refractivity contribution in [1.29, 1.82) is 0 Å². The number of anilines is 2. The fourth-order valence-electron chi connectivity index (χ4n) is 1.84. The van der Waals surface area contributed by atoms with Crippen LogP contribution < -0.4 is 15.4 Å². The van der Waals surface area contributed by atoms with Crippen molar-refractivity contribution in [2.24, 2.45) is 0 Å². The van der Waals surface area contributed by atoms with Crippen molar-refractivity contribution in [1.82, 2.24) is 0 Å². The lowest BCUT2D eigenvalue weighted by Gasteiger charge is -2.10. The molecule has 0 atom stereocenters. The smallest absolute Gasteiger partial charge is 0.255 e. The van der Waals surface area contributed by atoms with Gasteiger partial charge >= 0.3 is 0 Å². The molecular weight excluding hydrogens is 304 g/mol. The van der Waals surface area contributed by atoms with Gasteiger partial charge in [-0.2, -0.15) is 0 Å². The summed E-state index contributed by atoms with van der Waals surface area (Å²) in [6.45, 7) is 0. The lowest BCUT2D eigenvalue weighted by Crippen LogP contribution is -2.14. The Balaban J connectivity index is 2.08. The second-order valence-electron chi connectivity index (χ2n) is 4.41. The minimum absolute atomic E-state index is 0.115. The van der Waals surface area contributed by atoms with Gasteiger partial charge in [0, 0.05) is 11.3 Å². The first-order valence-corrected chi connectivity index (χ1v) is 7.07. The molecule has 0 radical (unpaired) electrons. The number of rotatable bonds is 5. The van der Waals surface area contributed by atoms with Gasteiger partial charge in [0.25, 0.3) is 5.91 Å². The third kappa shape index (κ3) is 3.99. The number of alkyl halides is 1. The molecule has 0 spiro atoms. The van der Waals surface area contributed by atoms with E-state index < -0.39 is 0 Å². The molecule has 6 heteroatoms. The van der Waals surface area contributed by atoms with Crippen LogP contribution >= 0.6 is 11.6 Å². The molecule has 0 aliphatic rings. The summed E-state index contributed by atoms with van der Waals surface area (Å²) in [5, 5.41) is 5.38. The zero-order chi connectivity index (χ0) is 15.9. The minimum atomic E-state index is -0.298. The van der Waals surface area contributed by atoms with Crippen molar-refractivity contribution in [2.45, 2.75) is 0 Å². The summed E-state index contributed by atoms with van der Waals surface area (Å²) in [7, 11) is 1.54. The van der Waals surface area contributed by atoms with E-state index in [2.05, 4.69) is 10.6 Å². The van der Waals surface area contributed by atoms with Crippen molar-refractivity contribution < 1.29 is 14.3 Å². The van der Waals surface area contributed by atoms with E-state index in [4.69, 9.17) is 16.3 Å². The molecule has 2 rings (SSSR count). The monoisotopic (exact) mass is 318 g/mol. The van der Waals surface area contributed by atoms with Crippen molar-refractivity contribution in [3.63, 3.8) is 0 Å². The van der Waals surface area contributed by atoms with E-state index in [9.17, 15) is 9.59 Å². The Hall–Kier alpha value is -2.53. The highest BCUT2D eigenvalue weighted by molar-refractivity contribution is 6.29. The van der Waals surface area contributed by atoms with Gasteiger partial charge in [-0.15, -0.1) is 11.6 Å². The van der Waals surface area contributed by atoms with Crippen LogP contribution in [0.1, 0.15) is 10.4 Å². The Bertz CT molecular complexity index is 671. The second-order valence-corrected chi connectivity index (χ2v) is 4.68. The highest BCUT2D eigenvalue weighted by atomic mass is 35.5. The highest BCUT2D eigenvalue weighted by Gasteiger charge is 2.09. The van der Waals surface area contributed by atoms with Crippen molar-refractivity contribution >= 4 is 34.8 Å². The Morgan fingerprint density at radius 3 is 2.36 bits per heavy atom. The maximum atomic E-state index is 12.2. The molecule has 0 unspecified atom stereocenters. The van der Waals surface area contributed by atoms with Crippen LogP contribution in [0.5, 0.6) is 5.75 Å². The van der Waals surface area contributed by atoms with E-state index in [0.29, 0.717) is 22.7 Å². The topological polar surface area (TPSA) is 67.4 Å². The maximum absolute atomic E-state index is 12.2. The summed E-state index contributed by atoms with van der Waals surface area (Å²) >= 11 is 5.41. The summed E-state index contributed by atoms with van der Waals surface area (Å²) in [5.41, 5.74) is 1.64. The zero-order valence-electron chi connectivity index (χ0n) is 11.9. The lowest BCUT2D eigenvalue weighted by molar-refractivity contribution is -0.113. The average Bonchev–Trinajstić information content (AvgIpc) is 2.55. The molecule has 114 valence electrons. The zero-order valence-corrected chi connectivity index (χ0v) is 12.7. The first kappa shape index (κ1) is 15.9. The second kappa shape index (κ2) is 7.47. The van der Waals surface area contributed by atoms with Gasteiger partial charge in [0.2, 0.25) is 5.91 Å². The molecule has 2 aromatic carbocycles. The van der Waals surface area contributed by atoms with Crippen molar-refractivity contribution in [3.8, 4) is 5.75 Å². The van der Waals surface area contributed by atoms with Gasteiger partial charge in [0.15, 0.2) is 0 Å². The molecule has 0 saturated heterocycles. The molecule has 0 bridgehead atoms. The highest BCUT2D eigenvalue weighted by Crippen LogP contribution is 2.23. The SMILES string of the molecule is COc1ccccc1NC(=O)c1ccc(NC(=O)CCl)cc1. The molecule has 0 heterocycles. The quantitative estimate of drug-likeness (QED) is 0.832. The van der Waals surface area contributed by atoms with Crippen molar-refractivity contribution in [2.75, 3.05) is 23.6 Å². The van der Waals surface area contributed by atoms with Gasteiger partial charge in [-0.05, 0) is 36.4 Å². The van der Waals surface area contributed by atoms with Crippen LogP contribution in [-0.4, -0.2) is 24.8 Å². The van der Waals surface area contributed by atoms with Crippen LogP contribution in [0, 0.1) is 0 Å². The van der Waals surface area contributed by atoms with Gasteiger partial charge < -0.3 is 15.4 Å². The van der Waals surface area contributed by atoms with Crippen LogP contribution in [0.3, 0.4) is 0 Å². The lowest BCUT2D eigenvalue weighted by atomic mass is 10.2. The number of benzene rings is 2. The Labute approximate surface area is 133 Å². The van der Waals surface area contributed by atoms with Gasteiger partial charge in [0.05, 0.1) is 12.8 Å². The van der Waals surface area contributed by atoms with Crippen molar-refractivity contribution in [3.05, 3.63) is 54.1 Å². The van der Waals surface area contributed by atoms with Crippen LogP contribution in [0.25, 0.3) is 0 Å². The largest absolute Gasteiger partial charge is 0.495 e. The average molecular weight is 319 g/mol. The fraction of sp³-hybridized carbons (Fsp3) is 0.125. The standard InChI is InChI=1S/C16H15ClN2O3/c1-22-14-5-3-2-4-13(14)19-16(21)11-6-8-12(9-7-11)18-15(20)10-17/h2-9H,10H2,1H3,(H,18,20)(H,19,21). The van der Waals surface area contributed by atoms with Gasteiger partial charge in [-0.25, -0.2) is 0 Å². The summed E-state index contributed by atoms with van der Waals surface area (Å²) in [6, 6.07) is 13.7. The van der Waals surface area contributed by atoms with E-state index in [1.54, 1.807) is 43.5 Å². The molecular formula is C16H15ClN2O3. The third-order valence-corrected chi connectivity index (χ3v) is 3.15. The number of carbonyl (C=O) groups excluding carboxylic acids is 2. The number of amides is 2. The Morgan fingerprint density at radius 1 is 1.05 bits per heavy atom. The van der Waals surface area contributed by atoms with E-state index >= 15 is 0 Å². The summed E-state index contributed by atoms with van der Waals surface area (Å²) in [6.07, 6.45) is 0. The normalized spacial score (nSPS) is 9.91. The number of ether oxygens (including phenoxy) is 1. The van der Waals surface area contributed by atoms with Gasteiger partial charge in [0.1, 0.15) is 11.6 Å². The van der Waals surface area contributed by atoms with Crippen LogP contribution in [0.4, 0.5) is 11.4 Å². The molecule has 5 nitrogen and oxygen atoms in total. The van der Waals surface area contributed by atoms with E-state index in [-0.39, 0.29) is 17.7 Å². The number of halogens is 1. The Kier molecular flexibility index (Phi) is 5.38. The molecule has 0 aliphatic carbocycles. The molecule has 0 saturated carbocycles.